The Morgan fingerprint density at radius 1 is 0.540 bits per heavy atom. The molecule has 0 rings (SSSR count). The van der Waals surface area contributed by atoms with Crippen LogP contribution in [0.4, 0.5) is 4.79 Å². The molecule has 0 aromatic carbocycles. The highest BCUT2D eigenvalue weighted by molar-refractivity contribution is 5.81. The number of alkyl carbamates (subject to hydrolysis) is 1. The van der Waals surface area contributed by atoms with Crippen LogP contribution in [0.3, 0.4) is 0 Å². The molecule has 7 nitrogen and oxygen atoms in total. The predicted octanol–water partition coefficient (Wildman–Crippen LogP) is -0.642. The van der Waals surface area contributed by atoms with Crippen LogP contribution in [0.25, 0.3) is 0 Å². The summed E-state index contributed by atoms with van der Waals surface area (Å²) in [6, 6.07) is -0.674. The van der Waals surface area contributed by atoms with E-state index in [0.29, 0.717) is 19.4 Å². The van der Waals surface area contributed by atoms with Gasteiger partial charge in [-0.1, -0.05) is 11.8 Å². The second-order valence-electron chi connectivity index (χ2n) is 8.08. The summed E-state index contributed by atoms with van der Waals surface area (Å²) in [5.74, 6) is 74.0. The van der Waals surface area contributed by atoms with Gasteiger partial charge in [0.2, 0.25) is 5.91 Å². The molecule has 0 saturated heterocycles. The zero-order chi connectivity index (χ0) is 36.6. The van der Waals surface area contributed by atoms with Crippen molar-refractivity contribution < 1.29 is 14.3 Å². The van der Waals surface area contributed by atoms with Gasteiger partial charge in [-0.15, -0.1) is 12.8 Å². The lowest BCUT2D eigenvalue weighted by Crippen LogP contribution is -2.44. The van der Waals surface area contributed by atoms with Gasteiger partial charge in [0.15, 0.2) is 0 Å². The summed E-state index contributed by atoms with van der Waals surface area (Å²) in [4.78, 5) is 24.3. The highest BCUT2D eigenvalue weighted by atomic mass is 16.6. The molecule has 50 heavy (non-hydrogen) atoms. The summed E-state index contributed by atoms with van der Waals surface area (Å²) in [6.07, 6.45) is 9.80. The summed E-state index contributed by atoms with van der Waals surface area (Å²) in [6.45, 7) is 0.705. The summed E-state index contributed by atoms with van der Waals surface area (Å²) in [7, 11) is 0. The van der Waals surface area contributed by atoms with Gasteiger partial charge in [-0.2, -0.15) is 0 Å². The molecule has 0 aliphatic carbocycles. The van der Waals surface area contributed by atoms with Crippen molar-refractivity contribution in [3.8, 4) is 190 Å². The van der Waals surface area contributed by atoms with E-state index >= 15 is 0 Å². The van der Waals surface area contributed by atoms with E-state index in [2.05, 4.69) is 188 Å². The van der Waals surface area contributed by atoms with Crippen molar-refractivity contribution in [1.82, 2.24) is 10.6 Å². The minimum absolute atomic E-state index is 0.110. The Labute approximate surface area is 295 Å². The van der Waals surface area contributed by atoms with E-state index in [4.69, 9.17) is 29.1 Å². The van der Waals surface area contributed by atoms with Crippen LogP contribution in [0.15, 0.2) is 0 Å². The minimum Gasteiger partial charge on any atom is -0.444 e. The number of amides is 2. The second-order valence-corrected chi connectivity index (χ2v) is 8.08. The third kappa shape index (κ3) is 29.7. The summed E-state index contributed by atoms with van der Waals surface area (Å²) in [5, 5.41) is 5.18. The van der Waals surface area contributed by atoms with Crippen molar-refractivity contribution in [2.45, 2.75) is 37.8 Å². The monoisotopic (exact) mass is 644 g/mol. The maximum atomic E-state index is 12.3. The van der Waals surface area contributed by atoms with Gasteiger partial charge in [-0.3, -0.25) is 4.79 Å². The van der Waals surface area contributed by atoms with Crippen molar-refractivity contribution in [3.63, 3.8) is 0 Å². The number of rotatable bonds is 10. The normalized spacial score (nSPS) is 7.14. The number of carbonyl (C=O) groups is 2. The SMILES string of the molecule is C#CC#CC#CC#CC#CC#CC#CC#CCC(CC#CC#CC#CC#CC#CC#CC#CC#C)OC(=O)NCCNC(=O)C(N)CCCN. The maximum Gasteiger partial charge on any atom is 0.407 e. The third-order valence-corrected chi connectivity index (χ3v) is 4.50. The Morgan fingerprint density at radius 3 is 1.24 bits per heavy atom. The number of terminal acetylenes is 2. The van der Waals surface area contributed by atoms with E-state index in [-0.39, 0.29) is 31.8 Å². The molecule has 2 amide bonds. The Balaban J connectivity index is 5.27. The Morgan fingerprint density at radius 2 is 0.880 bits per heavy atom. The van der Waals surface area contributed by atoms with Crippen molar-refractivity contribution in [3.05, 3.63) is 0 Å². The quantitative estimate of drug-likeness (QED) is 0.187. The van der Waals surface area contributed by atoms with Crippen molar-refractivity contribution in [2.24, 2.45) is 11.5 Å². The van der Waals surface area contributed by atoms with Crippen LogP contribution in [-0.4, -0.2) is 43.8 Å². The molecule has 0 aromatic rings. The summed E-state index contributed by atoms with van der Waals surface area (Å²) < 4.78 is 5.42. The molecule has 7 heteroatoms. The number of ether oxygens (including phenoxy) is 1. The number of nitrogens with two attached hydrogens (primary N) is 2. The molecule has 0 aliphatic rings. The zero-order valence-electron chi connectivity index (χ0n) is 26.6. The molecule has 1 unspecified atom stereocenters. The van der Waals surface area contributed by atoms with Gasteiger partial charge >= 0.3 is 6.09 Å². The average molecular weight is 645 g/mol. The average Bonchev–Trinajstić information content (AvgIpc) is 3.11. The van der Waals surface area contributed by atoms with Crippen molar-refractivity contribution >= 4 is 12.0 Å². The second kappa shape index (κ2) is 33.5. The van der Waals surface area contributed by atoms with Gasteiger partial charge in [0, 0.05) is 25.9 Å². The van der Waals surface area contributed by atoms with E-state index in [1.54, 1.807) is 0 Å². The topological polar surface area (TPSA) is 119 Å². The lowest BCUT2D eigenvalue weighted by Gasteiger charge is -2.15. The molecule has 0 radical (unpaired) electrons. The van der Waals surface area contributed by atoms with Gasteiger partial charge in [-0.05, 0) is 185 Å². The molecule has 0 bridgehead atoms. The fraction of sp³-hybridized carbons (Fsp3) is 0.209. The van der Waals surface area contributed by atoms with E-state index in [0.717, 1.165) is 0 Å². The number of hydrogen-bond donors (Lipinski definition) is 4. The Kier molecular flexibility index (Phi) is 27.9. The van der Waals surface area contributed by atoms with Gasteiger partial charge in [0.05, 0.1) is 6.04 Å². The molecule has 234 valence electrons. The Hall–Kier alpha value is -8.38. The van der Waals surface area contributed by atoms with Gasteiger partial charge in [-0.25, -0.2) is 4.79 Å². The van der Waals surface area contributed by atoms with Crippen LogP contribution >= 0.6 is 0 Å². The first-order valence-electron chi connectivity index (χ1n) is 14.1. The van der Waals surface area contributed by atoms with Gasteiger partial charge < -0.3 is 26.8 Å². The Bertz CT molecular complexity index is 2120. The lowest BCUT2D eigenvalue weighted by molar-refractivity contribution is -0.122. The smallest absolute Gasteiger partial charge is 0.407 e. The highest BCUT2D eigenvalue weighted by Gasteiger charge is 2.14. The van der Waals surface area contributed by atoms with Crippen LogP contribution < -0.4 is 22.1 Å². The van der Waals surface area contributed by atoms with Crippen LogP contribution in [0.5, 0.6) is 0 Å². The molecule has 0 fully saturated rings. The van der Waals surface area contributed by atoms with Gasteiger partial charge in [0.25, 0.3) is 0 Å². The predicted molar refractivity (Wildman–Crippen MR) is 193 cm³/mol. The first kappa shape index (κ1) is 41.6. The first-order valence-corrected chi connectivity index (χ1v) is 14.1. The van der Waals surface area contributed by atoms with E-state index in [1.165, 1.54) is 0 Å². The van der Waals surface area contributed by atoms with Crippen molar-refractivity contribution in [1.29, 1.82) is 0 Å². The number of carbonyl (C=O) groups excluding carboxylic acids is 2. The van der Waals surface area contributed by atoms with E-state index < -0.39 is 18.2 Å². The molecule has 0 spiro atoms. The third-order valence-electron chi connectivity index (χ3n) is 4.50. The zero-order valence-corrected chi connectivity index (χ0v) is 26.6. The fourth-order valence-corrected chi connectivity index (χ4v) is 2.48. The molecule has 6 N–H and O–H groups in total. The van der Waals surface area contributed by atoms with Crippen molar-refractivity contribution in [2.75, 3.05) is 19.6 Å². The minimum atomic E-state index is -0.726. The van der Waals surface area contributed by atoms with Crippen LogP contribution in [0.2, 0.25) is 0 Å². The lowest BCUT2D eigenvalue weighted by atomic mass is 10.1. The standard InChI is InChI=1S/C43H24N4O3/c1-3-5-7-9-11-13-15-17-19-21-23-25-27-29-31-34-40(50-43(49)47-39-38-46-42(48)41(45)36-33-37-44)35-32-30-28-26-24-22-20-18-16-14-12-10-8-6-4-2/h1-2,40-41H,33-39,44-45H2,(H,46,48)(H,47,49). The highest BCUT2D eigenvalue weighted by Crippen LogP contribution is 2.03. The van der Waals surface area contributed by atoms with Gasteiger partial charge in [0.1, 0.15) is 6.10 Å². The van der Waals surface area contributed by atoms with Crippen LogP contribution in [0, 0.1) is 190 Å². The largest absolute Gasteiger partial charge is 0.444 e. The summed E-state index contributed by atoms with van der Waals surface area (Å²) in [5.41, 5.74) is 11.2. The molecule has 0 aromatic heterocycles. The molecule has 0 heterocycles. The molecule has 0 saturated carbocycles. The molecular weight excluding hydrogens is 620 g/mol. The number of hydrogen-bond acceptors (Lipinski definition) is 5. The summed E-state index contributed by atoms with van der Waals surface area (Å²) >= 11 is 0. The maximum absolute atomic E-state index is 12.3. The fourth-order valence-electron chi connectivity index (χ4n) is 2.48. The number of nitrogens with one attached hydrogen (secondary N) is 2. The first-order chi connectivity index (χ1) is 24.5. The van der Waals surface area contributed by atoms with E-state index in [1.807, 2.05) is 0 Å². The molecule has 1 atom stereocenters. The van der Waals surface area contributed by atoms with E-state index in [9.17, 15) is 9.59 Å². The van der Waals surface area contributed by atoms with Crippen LogP contribution in [0.1, 0.15) is 25.7 Å². The molecular formula is C43H24N4O3. The molecule has 0 aliphatic heterocycles. The van der Waals surface area contributed by atoms with Crippen LogP contribution in [-0.2, 0) is 9.53 Å².